The summed E-state index contributed by atoms with van der Waals surface area (Å²) in [7, 11) is 0. The molecule has 1 heterocycles. The lowest BCUT2D eigenvalue weighted by atomic mass is 9.68. The highest BCUT2D eigenvalue weighted by Crippen LogP contribution is 2.38. The summed E-state index contributed by atoms with van der Waals surface area (Å²) in [5, 5.41) is 9.66. The second-order valence-electron chi connectivity index (χ2n) is 7.22. The first-order valence-electron chi connectivity index (χ1n) is 7.56. The predicted molar refractivity (Wildman–Crippen MR) is 75.3 cm³/mol. The molecule has 2 rings (SSSR count). The van der Waals surface area contributed by atoms with E-state index >= 15 is 0 Å². The van der Waals surface area contributed by atoms with Gasteiger partial charge in [0, 0.05) is 19.1 Å². The minimum atomic E-state index is -0.161. The van der Waals surface area contributed by atoms with E-state index in [1.165, 1.54) is 19.3 Å². The van der Waals surface area contributed by atoms with Crippen molar-refractivity contribution in [2.75, 3.05) is 19.6 Å². The molecule has 18 heavy (non-hydrogen) atoms. The van der Waals surface area contributed by atoms with Gasteiger partial charge in [-0.05, 0) is 50.0 Å². The number of likely N-dealkylation sites (tertiary alicyclic amines) is 1. The van der Waals surface area contributed by atoms with Crippen LogP contribution in [0.5, 0.6) is 0 Å². The Bertz CT molecular complexity index is 278. The van der Waals surface area contributed by atoms with E-state index in [9.17, 15) is 5.11 Å². The molecule has 3 nitrogen and oxygen atoms in total. The molecular weight excluding hydrogens is 224 g/mol. The number of nitrogens with two attached hydrogens (primary N) is 1. The Morgan fingerprint density at radius 3 is 2.72 bits per heavy atom. The molecule has 0 bridgehead atoms. The maximum Gasteiger partial charge on any atom is 0.0552 e. The Balaban J connectivity index is 1.86. The molecule has 0 amide bonds. The van der Waals surface area contributed by atoms with Gasteiger partial charge in [-0.3, -0.25) is 0 Å². The van der Waals surface area contributed by atoms with E-state index in [1.54, 1.807) is 0 Å². The smallest absolute Gasteiger partial charge is 0.0552 e. The second kappa shape index (κ2) is 5.48. The summed E-state index contributed by atoms with van der Waals surface area (Å²) in [4.78, 5) is 2.52. The van der Waals surface area contributed by atoms with E-state index in [1.807, 2.05) is 6.92 Å². The van der Waals surface area contributed by atoms with E-state index < -0.39 is 0 Å². The van der Waals surface area contributed by atoms with Crippen molar-refractivity contribution < 1.29 is 5.11 Å². The predicted octanol–water partition coefficient (Wildman–Crippen LogP) is 1.84. The first-order chi connectivity index (χ1) is 8.40. The molecule has 0 aromatic rings. The molecule has 0 aromatic heterocycles. The van der Waals surface area contributed by atoms with Gasteiger partial charge in [0.05, 0.1) is 6.10 Å². The molecular formula is C15H30N2O. The first kappa shape index (κ1) is 14.3. The molecule has 2 aliphatic rings. The third-order valence-electron chi connectivity index (χ3n) is 5.29. The fraction of sp³-hybridized carbons (Fsp3) is 1.00. The minimum absolute atomic E-state index is 0.161. The highest BCUT2D eigenvalue weighted by atomic mass is 16.3. The Labute approximate surface area is 112 Å². The number of hydrogen-bond acceptors (Lipinski definition) is 3. The lowest BCUT2D eigenvalue weighted by molar-refractivity contribution is 0.0986. The van der Waals surface area contributed by atoms with Gasteiger partial charge in [-0.2, -0.15) is 0 Å². The zero-order valence-electron chi connectivity index (χ0n) is 12.2. The average molecular weight is 254 g/mol. The quantitative estimate of drug-likeness (QED) is 0.808. The van der Waals surface area contributed by atoms with Gasteiger partial charge in [0.1, 0.15) is 0 Å². The number of aliphatic hydroxyl groups excluding tert-OH is 1. The second-order valence-corrected chi connectivity index (χ2v) is 7.22. The summed E-state index contributed by atoms with van der Waals surface area (Å²) >= 11 is 0. The maximum atomic E-state index is 9.66. The molecule has 106 valence electrons. The Morgan fingerprint density at radius 2 is 2.11 bits per heavy atom. The van der Waals surface area contributed by atoms with Gasteiger partial charge in [0.15, 0.2) is 0 Å². The summed E-state index contributed by atoms with van der Waals surface area (Å²) in [5.41, 5.74) is 6.75. The summed E-state index contributed by atoms with van der Waals surface area (Å²) in [6.45, 7) is 9.87. The van der Waals surface area contributed by atoms with Crippen LogP contribution in [0.3, 0.4) is 0 Å². The lowest BCUT2D eigenvalue weighted by Crippen LogP contribution is -2.50. The van der Waals surface area contributed by atoms with Crippen molar-refractivity contribution in [3.05, 3.63) is 0 Å². The van der Waals surface area contributed by atoms with Crippen LogP contribution < -0.4 is 5.73 Å². The van der Waals surface area contributed by atoms with Crippen molar-refractivity contribution in [3.63, 3.8) is 0 Å². The van der Waals surface area contributed by atoms with Crippen LogP contribution in [0, 0.1) is 17.3 Å². The Hall–Kier alpha value is -0.120. The Kier molecular flexibility index (Phi) is 4.35. The summed E-state index contributed by atoms with van der Waals surface area (Å²) in [6.07, 6.45) is 4.84. The topological polar surface area (TPSA) is 49.5 Å². The molecule has 1 saturated carbocycles. The minimum Gasteiger partial charge on any atom is -0.393 e. The van der Waals surface area contributed by atoms with Crippen LogP contribution in [0.1, 0.15) is 46.5 Å². The van der Waals surface area contributed by atoms with Gasteiger partial charge in [-0.1, -0.05) is 20.3 Å². The van der Waals surface area contributed by atoms with Crippen LogP contribution in [-0.2, 0) is 0 Å². The van der Waals surface area contributed by atoms with Crippen molar-refractivity contribution >= 4 is 0 Å². The van der Waals surface area contributed by atoms with Gasteiger partial charge in [-0.15, -0.1) is 0 Å². The Morgan fingerprint density at radius 1 is 1.39 bits per heavy atom. The molecule has 0 radical (unpaired) electrons. The van der Waals surface area contributed by atoms with E-state index in [2.05, 4.69) is 18.7 Å². The van der Waals surface area contributed by atoms with Crippen molar-refractivity contribution in [2.24, 2.45) is 23.0 Å². The largest absolute Gasteiger partial charge is 0.393 e. The van der Waals surface area contributed by atoms with Crippen LogP contribution in [0.15, 0.2) is 0 Å². The van der Waals surface area contributed by atoms with Gasteiger partial charge < -0.3 is 15.7 Å². The first-order valence-corrected chi connectivity index (χ1v) is 7.56. The molecule has 1 saturated heterocycles. The summed E-state index contributed by atoms with van der Waals surface area (Å²) in [6, 6.07) is 0.330. The van der Waals surface area contributed by atoms with E-state index in [-0.39, 0.29) is 6.10 Å². The molecule has 1 aliphatic heterocycles. The number of nitrogens with zero attached hydrogens (tertiary/aromatic N) is 1. The lowest BCUT2D eigenvalue weighted by Gasteiger charge is -2.43. The number of aliphatic hydroxyl groups is 1. The van der Waals surface area contributed by atoms with Gasteiger partial charge in [-0.25, -0.2) is 0 Å². The normalized spacial score (nSPS) is 38.8. The van der Waals surface area contributed by atoms with Gasteiger partial charge in [0.25, 0.3) is 0 Å². The molecule has 0 spiro atoms. The average Bonchev–Trinajstić information content (AvgIpc) is 2.73. The van der Waals surface area contributed by atoms with Crippen molar-refractivity contribution in [1.82, 2.24) is 4.90 Å². The monoisotopic (exact) mass is 254 g/mol. The SMILES string of the molecule is CC(O)C1CCN(CC2CCCC(C)(C)C2N)C1. The van der Waals surface area contributed by atoms with Gasteiger partial charge in [0.2, 0.25) is 0 Å². The third-order valence-corrected chi connectivity index (χ3v) is 5.29. The van der Waals surface area contributed by atoms with Crippen molar-refractivity contribution in [1.29, 1.82) is 0 Å². The van der Waals surface area contributed by atoms with Gasteiger partial charge >= 0.3 is 0 Å². The molecule has 4 atom stereocenters. The number of rotatable bonds is 3. The highest BCUT2D eigenvalue weighted by Gasteiger charge is 2.38. The van der Waals surface area contributed by atoms with Crippen LogP contribution >= 0.6 is 0 Å². The fourth-order valence-corrected chi connectivity index (χ4v) is 3.76. The van der Waals surface area contributed by atoms with E-state index in [0.717, 1.165) is 26.1 Å². The van der Waals surface area contributed by atoms with Crippen molar-refractivity contribution in [3.8, 4) is 0 Å². The maximum absolute atomic E-state index is 9.66. The highest BCUT2D eigenvalue weighted by molar-refractivity contribution is 4.93. The molecule has 1 aliphatic carbocycles. The standard InChI is InChI=1S/C15H30N2O/c1-11(18)12-6-8-17(9-12)10-13-5-4-7-15(2,3)14(13)16/h11-14,18H,4-10,16H2,1-3H3. The molecule has 4 unspecified atom stereocenters. The zero-order chi connectivity index (χ0) is 13.3. The van der Waals surface area contributed by atoms with E-state index in [0.29, 0.717) is 23.3 Å². The van der Waals surface area contributed by atoms with Crippen molar-refractivity contribution in [2.45, 2.75) is 58.6 Å². The van der Waals surface area contributed by atoms with Crippen LogP contribution in [0.25, 0.3) is 0 Å². The molecule has 0 aromatic carbocycles. The summed E-state index contributed by atoms with van der Waals surface area (Å²) < 4.78 is 0. The zero-order valence-corrected chi connectivity index (χ0v) is 12.2. The van der Waals surface area contributed by atoms with Crippen LogP contribution in [-0.4, -0.2) is 41.8 Å². The van der Waals surface area contributed by atoms with Crippen LogP contribution in [0.2, 0.25) is 0 Å². The molecule has 2 fully saturated rings. The fourth-order valence-electron chi connectivity index (χ4n) is 3.76. The number of hydrogen-bond donors (Lipinski definition) is 2. The third kappa shape index (κ3) is 3.06. The molecule has 3 N–H and O–H groups in total. The van der Waals surface area contributed by atoms with Crippen LogP contribution in [0.4, 0.5) is 0 Å². The molecule has 3 heteroatoms. The summed E-state index contributed by atoms with van der Waals surface area (Å²) in [5.74, 6) is 1.11. The van der Waals surface area contributed by atoms with E-state index in [4.69, 9.17) is 5.73 Å².